The molecule has 0 amide bonds. The van der Waals surface area contributed by atoms with Crippen LogP contribution in [-0.2, 0) is 11.4 Å². The van der Waals surface area contributed by atoms with Crippen LogP contribution in [-0.4, -0.2) is 16.1 Å². The molecule has 92 valence electrons. The van der Waals surface area contributed by atoms with E-state index in [1.54, 1.807) is 36.4 Å². The Morgan fingerprint density at radius 3 is 2.50 bits per heavy atom. The standard InChI is InChI=1S/C13H12N2O3/c16-12-3-1-10(2-4-12)9-15-18-13(17)11-5-7-14-8-6-11/h1-8,15-16H,9H2. The minimum absolute atomic E-state index is 0.201. The minimum atomic E-state index is -0.462. The molecular formula is C13H12N2O3. The average Bonchev–Trinajstić information content (AvgIpc) is 2.42. The normalized spacial score (nSPS) is 10.0. The van der Waals surface area contributed by atoms with Crippen molar-refractivity contribution in [3.63, 3.8) is 0 Å². The summed E-state index contributed by atoms with van der Waals surface area (Å²) in [6.07, 6.45) is 3.05. The smallest absolute Gasteiger partial charge is 0.356 e. The molecule has 0 aliphatic rings. The summed E-state index contributed by atoms with van der Waals surface area (Å²) in [4.78, 5) is 20.2. The van der Waals surface area contributed by atoms with E-state index in [1.165, 1.54) is 12.4 Å². The molecule has 18 heavy (non-hydrogen) atoms. The van der Waals surface area contributed by atoms with Crippen LogP contribution in [0.3, 0.4) is 0 Å². The number of phenolic OH excluding ortho intramolecular Hbond substituents is 1. The molecule has 0 bridgehead atoms. The number of rotatable bonds is 4. The van der Waals surface area contributed by atoms with Gasteiger partial charge in [-0.2, -0.15) is 0 Å². The molecular weight excluding hydrogens is 232 g/mol. The minimum Gasteiger partial charge on any atom is -0.508 e. The van der Waals surface area contributed by atoms with Crippen molar-refractivity contribution in [3.8, 4) is 5.75 Å². The Morgan fingerprint density at radius 2 is 1.83 bits per heavy atom. The second kappa shape index (κ2) is 5.79. The molecule has 0 fully saturated rings. The summed E-state index contributed by atoms with van der Waals surface area (Å²) in [7, 11) is 0. The van der Waals surface area contributed by atoms with Gasteiger partial charge in [0.1, 0.15) is 5.75 Å². The first-order chi connectivity index (χ1) is 8.75. The Hall–Kier alpha value is -2.40. The molecule has 2 N–H and O–H groups in total. The highest BCUT2D eigenvalue weighted by Crippen LogP contribution is 2.09. The van der Waals surface area contributed by atoms with E-state index < -0.39 is 5.97 Å². The zero-order valence-corrected chi connectivity index (χ0v) is 9.54. The van der Waals surface area contributed by atoms with Crippen LogP contribution >= 0.6 is 0 Å². The summed E-state index contributed by atoms with van der Waals surface area (Å²) in [6, 6.07) is 9.77. The summed E-state index contributed by atoms with van der Waals surface area (Å²) in [6.45, 7) is 0.372. The summed E-state index contributed by atoms with van der Waals surface area (Å²) in [5.41, 5.74) is 3.90. The van der Waals surface area contributed by atoms with Crippen molar-refractivity contribution in [2.75, 3.05) is 0 Å². The molecule has 2 rings (SSSR count). The highest BCUT2D eigenvalue weighted by Gasteiger charge is 2.05. The Morgan fingerprint density at radius 1 is 1.17 bits per heavy atom. The number of phenols is 1. The van der Waals surface area contributed by atoms with Crippen molar-refractivity contribution in [1.82, 2.24) is 10.5 Å². The number of pyridine rings is 1. The zero-order chi connectivity index (χ0) is 12.8. The van der Waals surface area contributed by atoms with E-state index >= 15 is 0 Å². The third-order valence-corrected chi connectivity index (χ3v) is 2.29. The van der Waals surface area contributed by atoms with E-state index in [9.17, 15) is 4.79 Å². The number of benzene rings is 1. The lowest BCUT2D eigenvalue weighted by Gasteiger charge is -2.05. The van der Waals surface area contributed by atoms with Crippen molar-refractivity contribution in [2.45, 2.75) is 6.54 Å². The van der Waals surface area contributed by atoms with Gasteiger partial charge in [0, 0.05) is 12.4 Å². The van der Waals surface area contributed by atoms with Gasteiger partial charge in [0.05, 0.1) is 12.1 Å². The van der Waals surface area contributed by atoms with Crippen LogP contribution in [0.15, 0.2) is 48.8 Å². The van der Waals surface area contributed by atoms with Gasteiger partial charge in [-0.25, -0.2) is 4.79 Å². The first kappa shape index (κ1) is 12.1. The maximum Gasteiger partial charge on any atom is 0.356 e. The number of aromatic nitrogens is 1. The summed E-state index contributed by atoms with van der Waals surface area (Å²) < 4.78 is 0. The van der Waals surface area contributed by atoms with Crippen molar-refractivity contribution >= 4 is 5.97 Å². The number of nitrogens with zero attached hydrogens (tertiary/aromatic N) is 1. The van der Waals surface area contributed by atoms with E-state index in [4.69, 9.17) is 9.94 Å². The highest BCUT2D eigenvalue weighted by molar-refractivity contribution is 5.88. The van der Waals surface area contributed by atoms with Gasteiger partial charge in [-0.1, -0.05) is 12.1 Å². The van der Waals surface area contributed by atoms with Crippen LogP contribution in [0.2, 0.25) is 0 Å². The predicted octanol–water partition coefficient (Wildman–Crippen LogP) is 1.65. The fourth-order valence-corrected chi connectivity index (χ4v) is 1.35. The first-order valence-corrected chi connectivity index (χ1v) is 5.37. The van der Waals surface area contributed by atoms with Crippen LogP contribution in [0.4, 0.5) is 0 Å². The van der Waals surface area contributed by atoms with Crippen LogP contribution in [0, 0.1) is 0 Å². The molecule has 1 aromatic heterocycles. The van der Waals surface area contributed by atoms with Gasteiger partial charge in [-0.05, 0) is 29.8 Å². The third kappa shape index (κ3) is 3.29. The van der Waals surface area contributed by atoms with Gasteiger partial charge >= 0.3 is 5.97 Å². The van der Waals surface area contributed by atoms with Crippen LogP contribution in [0.25, 0.3) is 0 Å². The largest absolute Gasteiger partial charge is 0.508 e. The number of carbonyl (C=O) groups excluding carboxylic acids is 1. The number of nitrogens with one attached hydrogen (secondary N) is 1. The Labute approximate surface area is 104 Å². The van der Waals surface area contributed by atoms with Crippen molar-refractivity contribution in [2.24, 2.45) is 0 Å². The third-order valence-electron chi connectivity index (χ3n) is 2.29. The van der Waals surface area contributed by atoms with Gasteiger partial charge in [-0.3, -0.25) is 4.98 Å². The molecule has 2 aromatic rings. The number of carbonyl (C=O) groups is 1. The Kier molecular flexibility index (Phi) is 3.88. The fourth-order valence-electron chi connectivity index (χ4n) is 1.35. The molecule has 0 atom stereocenters. The molecule has 0 spiro atoms. The monoisotopic (exact) mass is 244 g/mol. The average molecular weight is 244 g/mol. The van der Waals surface area contributed by atoms with Crippen molar-refractivity contribution in [3.05, 3.63) is 59.9 Å². The number of hydrogen-bond acceptors (Lipinski definition) is 5. The topological polar surface area (TPSA) is 71.5 Å². The van der Waals surface area contributed by atoms with E-state index in [-0.39, 0.29) is 5.75 Å². The van der Waals surface area contributed by atoms with E-state index in [0.717, 1.165) is 5.56 Å². The van der Waals surface area contributed by atoms with E-state index in [0.29, 0.717) is 12.1 Å². The van der Waals surface area contributed by atoms with Gasteiger partial charge < -0.3 is 9.94 Å². The van der Waals surface area contributed by atoms with Gasteiger partial charge in [0.25, 0.3) is 0 Å². The van der Waals surface area contributed by atoms with Crippen molar-refractivity contribution < 1.29 is 14.7 Å². The van der Waals surface area contributed by atoms with Crippen LogP contribution in [0.1, 0.15) is 15.9 Å². The quantitative estimate of drug-likeness (QED) is 0.800. The van der Waals surface area contributed by atoms with Crippen LogP contribution < -0.4 is 5.48 Å². The summed E-state index contributed by atoms with van der Waals surface area (Å²) >= 11 is 0. The maximum atomic E-state index is 11.5. The SMILES string of the molecule is O=C(ONCc1ccc(O)cc1)c1ccncc1. The zero-order valence-electron chi connectivity index (χ0n) is 9.54. The Balaban J connectivity index is 1.82. The molecule has 5 heteroatoms. The molecule has 0 unspecified atom stereocenters. The van der Waals surface area contributed by atoms with Gasteiger partial charge in [-0.15, -0.1) is 5.48 Å². The van der Waals surface area contributed by atoms with E-state index in [2.05, 4.69) is 10.5 Å². The predicted molar refractivity (Wildman–Crippen MR) is 64.6 cm³/mol. The summed E-state index contributed by atoms with van der Waals surface area (Å²) in [5.74, 6) is -0.260. The second-order valence-corrected chi connectivity index (χ2v) is 3.61. The lowest BCUT2D eigenvalue weighted by molar-refractivity contribution is 0.0237. The summed E-state index contributed by atoms with van der Waals surface area (Å²) in [5, 5.41) is 9.11. The molecule has 0 saturated carbocycles. The van der Waals surface area contributed by atoms with Gasteiger partial charge in [0.2, 0.25) is 0 Å². The lowest BCUT2D eigenvalue weighted by Crippen LogP contribution is -2.19. The fraction of sp³-hybridized carbons (Fsp3) is 0.0769. The number of hydroxylamine groups is 1. The molecule has 5 nitrogen and oxygen atoms in total. The molecule has 0 radical (unpaired) electrons. The maximum absolute atomic E-state index is 11.5. The lowest BCUT2D eigenvalue weighted by atomic mass is 10.2. The van der Waals surface area contributed by atoms with Gasteiger partial charge in [0.15, 0.2) is 0 Å². The number of hydrogen-bond donors (Lipinski definition) is 2. The molecule has 0 aliphatic carbocycles. The van der Waals surface area contributed by atoms with Crippen LogP contribution in [0.5, 0.6) is 5.75 Å². The molecule has 0 aliphatic heterocycles. The molecule has 0 saturated heterocycles. The number of aromatic hydroxyl groups is 1. The van der Waals surface area contributed by atoms with Crippen molar-refractivity contribution in [1.29, 1.82) is 0 Å². The Bertz CT molecular complexity index is 512. The first-order valence-electron chi connectivity index (χ1n) is 5.37. The molecule has 1 heterocycles. The highest BCUT2D eigenvalue weighted by atomic mass is 16.7. The second-order valence-electron chi connectivity index (χ2n) is 3.61. The van der Waals surface area contributed by atoms with E-state index in [1.807, 2.05) is 0 Å². The molecule has 1 aromatic carbocycles.